The number of carbonyl (C=O) groups is 2. The van der Waals surface area contributed by atoms with E-state index in [2.05, 4.69) is 10.4 Å². The second-order valence-electron chi connectivity index (χ2n) is 6.86. The predicted molar refractivity (Wildman–Crippen MR) is 105 cm³/mol. The third kappa shape index (κ3) is 3.96. The smallest absolute Gasteiger partial charge is 0.357 e. The molecule has 1 heterocycles. The van der Waals surface area contributed by atoms with Gasteiger partial charge in [0.2, 0.25) is 0 Å². The van der Waals surface area contributed by atoms with E-state index in [4.69, 9.17) is 4.74 Å². The molecule has 2 aromatic carbocycles. The molecule has 0 spiro atoms. The maximum absolute atomic E-state index is 12.8. The molecule has 28 heavy (non-hydrogen) atoms. The number of carbonyl (C=O) groups excluding carboxylic acids is 2. The molecule has 1 N–H and O–H groups in total. The predicted octanol–water partition coefficient (Wildman–Crippen LogP) is 3.36. The van der Waals surface area contributed by atoms with Crippen molar-refractivity contribution >= 4 is 11.9 Å². The highest BCUT2D eigenvalue weighted by atomic mass is 16.5. The lowest BCUT2D eigenvalue weighted by Crippen LogP contribution is -2.37. The molecular weight excluding hydrogens is 354 g/mol. The summed E-state index contributed by atoms with van der Waals surface area (Å²) in [6.07, 6.45) is 1.09. The number of para-hydroxylation sites is 1. The van der Waals surface area contributed by atoms with Gasteiger partial charge in [0, 0.05) is 11.6 Å². The third-order valence-electron chi connectivity index (χ3n) is 4.57. The quantitative estimate of drug-likeness (QED) is 0.671. The molecule has 6 heteroatoms. The first-order valence-electron chi connectivity index (χ1n) is 9.34. The fourth-order valence-corrected chi connectivity index (χ4v) is 2.86. The van der Waals surface area contributed by atoms with Gasteiger partial charge in [-0.2, -0.15) is 5.10 Å². The van der Waals surface area contributed by atoms with Crippen molar-refractivity contribution in [3.05, 3.63) is 72.4 Å². The second kappa shape index (κ2) is 7.68. The standard InChI is InChI=1S/C22H21N3O3/c1-15(21(26)23-17-12-13-17)28-22(27)20-14-19(16-8-4-2-5-9-16)24-25(20)18-10-6-3-7-11-18/h2-11,14-15,17H,12-13H2,1H3,(H,23,26)/t15-/m0/s1. The Kier molecular flexibility index (Phi) is 4.93. The first-order chi connectivity index (χ1) is 13.6. The molecule has 0 bridgehead atoms. The minimum absolute atomic E-state index is 0.216. The third-order valence-corrected chi connectivity index (χ3v) is 4.57. The van der Waals surface area contributed by atoms with Crippen LogP contribution in [0, 0.1) is 0 Å². The molecule has 1 atom stereocenters. The number of rotatable bonds is 6. The van der Waals surface area contributed by atoms with E-state index in [1.807, 2.05) is 60.7 Å². The van der Waals surface area contributed by atoms with Crippen molar-refractivity contribution in [2.45, 2.75) is 31.9 Å². The molecule has 3 aromatic rings. The van der Waals surface area contributed by atoms with Gasteiger partial charge >= 0.3 is 5.97 Å². The Bertz CT molecular complexity index is 979. The Morgan fingerprint density at radius 3 is 2.36 bits per heavy atom. The number of nitrogens with one attached hydrogen (secondary N) is 1. The van der Waals surface area contributed by atoms with E-state index in [0.717, 1.165) is 24.1 Å². The summed E-state index contributed by atoms with van der Waals surface area (Å²) in [6.45, 7) is 1.58. The summed E-state index contributed by atoms with van der Waals surface area (Å²) in [6, 6.07) is 20.9. The average molecular weight is 375 g/mol. The minimum Gasteiger partial charge on any atom is -0.448 e. The molecule has 0 radical (unpaired) electrons. The van der Waals surface area contributed by atoms with Crippen LogP contribution in [0.4, 0.5) is 0 Å². The van der Waals surface area contributed by atoms with Crippen molar-refractivity contribution in [1.82, 2.24) is 15.1 Å². The minimum atomic E-state index is -0.868. The van der Waals surface area contributed by atoms with Crippen LogP contribution in [-0.2, 0) is 9.53 Å². The van der Waals surface area contributed by atoms with E-state index in [0.29, 0.717) is 5.69 Å². The molecule has 0 aliphatic heterocycles. The van der Waals surface area contributed by atoms with Crippen molar-refractivity contribution in [2.24, 2.45) is 0 Å². The fraction of sp³-hybridized carbons (Fsp3) is 0.227. The summed E-state index contributed by atoms with van der Waals surface area (Å²) in [5.41, 5.74) is 2.57. The fourth-order valence-electron chi connectivity index (χ4n) is 2.86. The normalized spacial score (nSPS) is 14.3. The number of hydrogen-bond donors (Lipinski definition) is 1. The lowest BCUT2D eigenvalue weighted by Gasteiger charge is -2.13. The van der Waals surface area contributed by atoms with Gasteiger partial charge in [-0.1, -0.05) is 48.5 Å². The van der Waals surface area contributed by atoms with Gasteiger partial charge in [-0.15, -0.1) is 0 Å². The maximum Gasteiger partial charge on any atom is 0.357 e. The SMILES string of the molecule is C[C@H](OC(=O)c1cc(-c2ccccc2)nn1-c1ccccc1)C(=O)NC1CC1. The number of ether oxygens (including phenoxy) is 1. The highest BCUT2D eigenvalue weighted by Gasteiger charge is 2.28. The summed E-state index contributed by atoms with van der Waals surface area (Å²) < 4.78 is 6.98. The molecule has 4 rings (SSSR count). The van der Waals surface area contributed by atoms with Crippen LogP contribution in [0.5, 0.6) is 0 Å². The van der Waals surface area contributed by atoms with Gasteiger partial charge in [0.05, 0.1) is 11.4 Å². The second-order valence-corrected chi connectivity index (χ2v) is 6.86. The van der Waals surface area contributed by atoms with Crippen LogP contribution in [-0.4, -0.2) is 33.8 Å². The molecule has 1 aromatic heterocycles. The molecule has 1 aliphatic carbocycles. The van der Waals surface area contributed by atoms with Gasteiger partial charge in [-0.3, -0.25) is 4.79 Å². The van der Waals surface area contributed by atoms with Crippen LogP contribution in [0.25, 0.3) is 16.9 Å². The Morgan fingerprint density at radius 2 is 1.71 bits per heavy atom. The zero-order chi connectivity index (χ0) is 19.5. The Hall–Kier alpha value is -3.41. The van der Waals surface area contributed by atoms with Crippen LogP contribution in [0.3, 0.4) is 0 Å². The van der Waals surface area contributed by atoms with Crippen LogP contribution in [0.15, 0.2) is 66.7 Å². The van der Waals surface area contributed by atoms with Crippen molar-refractivity contribution in [3.8, 4) is 16.9 Å². The largest absolute Gasteiger partial charge is 0.448 e. The molecular formula is C22H21N3O3. The first kappa shape index (κ1) is 18.0. The van der Waals surface area contributed by atoms with E-state index in [1.54, 1.807) is 17.7 Å². The van der Waals surface area contributed by atoms with E-state index in [1.165, 1.54) is 0 Å². The molecule has 1 amide bonds. The topological polar surface area (TPSA) is 73.2 Å². The van der Waals surface area contributed by atoms with Gasteiger partial charge in [-0.05, 0) is 38.0 Å². The molecule has 1 aliphatic rings. The molecule has 142 valence electrons. The number of nitrogens with zero attached hydrogens (tertiary/aromatic N) is 2. The van der Waals surface area contributed by atoms with Crippen LogP contribution in [0.2, 0.25) is 0 Å². The zero-order valence-corrected chi connectivity index (χ0v) is 15.5. The molecule has 1 saturated carbocycles. The van der Waals surface area contributed by atoms with Crippen molar-refractivity contribution in [3.63, 3.8) is 0 Å². The van der Waals surface area contributed by atoms with Crippen LogP contribution < -0.4 is 5.32 Å². The lowest BCUT2D eigenvalue weighted by molar-refractivity contribution is -0.129. The Balaban J connectivity index is 1.63. The number of esters is 1. The highest BCUT2D eigenvalue weighted by Crippen LogP contribution is 2.23. The van der Waals surface area contributed by atoms with Crippen molar-refractivity contribution in [1.29, 1.82) is 0 Å². The van der Waals surface area contributed by atoms with E-state index in [-0.39, 0.29) is 17.6 Å². The Morgan fingerprint density at radius 1 is 1.07 bits per heavy atom. The van der Waals surface area contributed by atoms with E-state index in [9.17, 15) is 9.59 Å². The van der Waals surface area contributed by atoms with Crippen LogP contribution >= 0.6 is 0 Å². The summed E-state index contributed by atoms with van der Waals surface area (Å²) in [5, 5.41) is 7.45. The number of amides is 1. The van der Waals surface area contributed by atoms with Gasteiger partial charge in [0.25, 0.3) is 5.91 Å². The zero-order valence-electron chi connectivity index (χ0n) is 15.5. The van der Waals surface area contributed by atoms with Gasteiger partial charge < -0.3 is 10.1 Å². The number of benzene rings is 2. The lowest BCUT2D eigenvalue weighted by atomic mass is 10.1. The van der Waals surface area contributed by atoms with Gasteiger partial charge in [-0.25, -0.2) is 9.48 Å². The molecule has 0 unspecified atom stereocenters. The monoisotopic (exact) mass is 375 g/mol. The highest BCUT2D eigenvalue weighted by molar-refractivity contribution is 5.92. The number of hydrogen-bond acceptors (Lipinski definition) is 4. The maximum atomic E-state index is 12.8. The first-order valence-corrected chi connectivity index (χ1v) is 9.34. The van der Waals surface area contributed by atoms with Gasteiger partial charge in [0.15, 0.2) is 11.8 Å². The van der Waals surface area contributed by atoms with Crippen molar-refractivity contribution < 1.29 is 14.3 Å². The van der Waals surface area contributed by atoms with Gasteiger partial charge in [0.1, 0.15) is 0 Å². The van der Waals surface area contributed by atoms with Crippen LogP contribution in [0.1, 0.15) is 30.3 Å². The molecule has 0 saturated heterocycles. The van der Waals surface area contributed by atoms with E-state index >= 15 is 0 Å². The van der Waals surface area contributed by atoms with Crippen molar-refractivity contribution in [2.75, 3.05) is 0 Å². The summed E-state index contributed by atoms with van der Waals surface area (Å²) >= 11 is 0. The number of aromatic nitrogens is 2. The summed E-state index contributed by atoms with van der Waals surface area (Å²) in [5.74, 6) is -0.859. The molecule has 6 nitrogen and oxygen atoms in total. The summed E-state index contributed by atoms with van der Waals surface area (Å²) in [4.78, 5) is 25.0. The molecule has 1 fully saturated rings. The Labute approximate surface area is 163 Å². The summed E-state index contributed by atoms with van der Waals surface area (Å²) in [7, 11) is 0. The van der Waals surface area contributed by atoms with E-state index < -0.39 is 12.1 Å². The average Bonchev–Trinajstić information content (AvgIpc) is 3.42.